The molecule has 0 saturated heterocycles. The Morgan fingerprint density at radius 1 is 1.04 bits per heavy atom. The lowest BCUT2D eigenvalue weighted by atomic mass is 9.66. The van der Waals surface area contributed by atoms with E-state index in [0.717, 1.165) is 17.1 Å². The highest BCUT2D eigenvalue weighted by Gasteiger charge is 2.45. The maximum absolute atomic E-state index is 6.62. The van der Waals surface area contributed by atoms with Gasteiger partial charge in [0.1, 0.15) is 17.1 Å². The fraction of sp³-hybridized carbons (Fsp3) is 0.455. The number of methoxy groups -OCH3 is 1. The van der Waals surface area contributed by atoms with E-state index in [9.17, 15) is 0 Å². The number of fused-ring (bicyclic) bond motifs is 3. The van der Waals surface area contributed by atoms with Crippen molar-refractivity contribution in [2.45, 2.75) is 51.0 Å². The van der Waals surface area contributed by atoms with E-state index in [4.69, 9.17) is 9.47 Å². The van der Waals surface area contributed by atoms with Gasteiger partial charge in [0.25, 0.3) is 0 Å². The minimum atomic E-state index is -0.115. The zero-order valence-corrected chi connectivity index (χ0v) is 14.8. The van der Waals surface area contributed by atoms with Crippen LogP contribution in [0.3, 0.4) is 0 Å². The number of ether oxygens (including phenoxy) is 2. The molecule has 2 aliphatic rings. The van der Waals surface area contributed by atoms with Crippen molar-refractivity contribution in [1.29, 1.82) is 0 Å². The van der Waals surface area contributed by atoms with E-state index in [2.05, 4.69) is 56.3 Å². The van der Waals surface area contributed by atoms with Crippen molar-refractivity contribution in [3.05, 3.63) is 48.0 Å². The molecule has 0 aromatic heterocycles. The second-order valence-corrected chi connectivity index (χ2v) is 7.66. The summed E-state index contributed by atoms with van der Waals surface area (Å²) in [5.74, 6) is 3.17. The van der Waals surface area contributed by atoms with Crippen LogP contribution in [0.5, 0.6) is 11.5 Å². The molecule has 2 atom stereocenters. The molecule has 2 nitrogen and oxygen atoms in total. The summed E-state index contributed by atoms with van der Waals surface area (Å²) < 4.78 is 12.2. The summed E-state index contributed by atoms with van der Waals surface area (Å²) in [6, 6.07) is 14.8. The molecule has 2 aromatic carbocycles. The molecule has 24 heavy (non-hydrogen) atoms. The second-order valence-electron chi connectivity index (χ2n) is 7.66. The summed E-state index contributed by atoms with van der Waals surface area (Å²) in [4.78, 5) is 0. The van der Waals surface area contributed by atoms with Crippen molar-refractivity contribution in [1.82, 2.24) is 0 Å². The van der Waals surface area contributed by atoms with Crippen LogP contribution in [0.15, 0.2) is 42.5 Å². The molecule has 1 aliphatic carbocycles. The van der Waals surface area contributed by atoms with Gasteiger partial charge in [0.2, 0.25) is 0 Å². The number of hydrogen-bond acceptors (Lipinski definition) is 2. The van der Waals surface area contributed by atoms with Gasteiger partial charge in [-0.1, -0.05) is 43.2 Å². The molecule has 2 heteroatoms. The van der Waals surface area contributed by atoms with Gasteiger partial charge in [-0.3, -0.25) is 0 Å². The molecule has 1 fully saturated rings. The number of hydrogen-bond donors (Lipinski definition) is 0. The first kappa shape index (κ1) is 15.6. The van der Waals surface area contributed by atoms with Crippen molar-refractivity contribution in [3.63, 3.8) is 0 Å². The Hall–Kier alpha value is -1.96. The van der Waals surface area contributed by atoms with Crippen LogP contribution < -0.4 is 9.47 Å². The Kier molecular flexibility index (Phi) is 3.79. The van der Waals surface area contributed by atoms with Gasteiger partial charge in [-0.2, -0.15) is 0 Å². The molecule has 1 saturated carbocycles. The van der Waals surface area contributed by atoms with Gasteiger partial charge in [-0.05, 0) is 50.3 Å². The summed E-state index contributed by atoms with van der Waals surface area (Å²) in [5, 5.41) is 0. The van der Waals surface area contributed by atoms with Crippen LogP contribution >= 0.6 is 0 Å². The highest BCUT2D eigenvalue weighted by molar-refractivity contribution is 5.75. The smallest absolute Gasteiger partial charge is 0.131 e. The molecule has 0 N–H and O–H groups in total. The van der Waals surface area contributed by atoms with E-state index >= 15 is 0 Å². The Morgan fingerprint density at radius 3 is 2.54 bits per heavy atom. The largest absolute Gasteiger partial charge is 0.497 e. The van der Waals surface area contributed by atoms with Crippen LogP contribution in [-0.4, -0.2) is 12.7 Å². The van der Waals surface area contributed by atoms with Gasteiger partial charge < -0.3 is 9.47 Å². The third-order valence-electron chi connectivity index (χ3n) is 5.84. The average Bonchev–Trinajstić information content (AvgIpc) is 2.62. The third-order valence-corrected chi connectivity index (χ3v) is 5.84. The zero-order valence-electron chi connectivity index (χ0n) is 14.8. The summed E-state index contributed by atoms with van der Waals surface area (Å²) >= 11 is 0. The van der Waals surface area contributed by atoms with Crippen molar-refractivity contribution in [3.8, 4) is 22.6 Å². The molecule has 0 amide bonds. The SMILES string of the molecule is COc1cc(-c2ccccc2)c2c(c1)[C@@H]1CCCC[C@H]1C(C)(C)O2. The topological polar surface area (TPSA) is 18.5 Å². The van der Waals surface area contributed by atoms with Crippen LogP contribution in [0.4, 0.5) is 0 Å². The van der Waals surface area contributed by atoms with Crippen LogP contribution in [0.25, 0.3) is 11.1 Å². The molecule has 0 unspecified atom stereocenters. The summed E-state index contributed by atoms with van der Waals surface area (Å²) in [5.41, 5.74) is 3.58. The Morgan fingerprint density at radius 2 is 1.79 bits per heavy atom. The van der Waals surface area contributed by atoms with Crippen molar-refractivity contribution in [2.75, 3.05) is 7.11 Å². The first-order valence-corrected chi connectivity index (χ1v) is 9.06. The Bertz CT molecular complexity index is 733. The fourth-order valence-electron chi connectivity index (χ4n) is 4.64. The molecule has 2 aromatic rings. The molecule has 1 heterocycles. The predicted molar refractivity (Wildman–Crippen MR) is 97.8 cm³/mol. The standard InChI is InChI=1S/C22H26O2/c1-22(2)20-12-8-7-11-17(20)19-14-16(23-3)13-18(21(19)24-22)15-9-5-4-6-10-15/h4-6,9-10,13-14,17,20H,7-8,11-12H2,1-3H3/t17-,20+/m0/s1. The van der Waals surface area contributed by atoms with E-state index in [1.54, 1.807) is 7.11 Å². The van der Waals surface area contributed by atoms with E-state index in [0.29, 0.717) is 11.8 Å². The van der Waals surface area contributed by atoms with Crippen LogP contribution in [0.2, 0.25) is 0 Å². The van der Waals surface area contributed by atoms with E-state index in [-0.39, 0.29) is 5.60 Å². The van der Waals surface area contributed by atoms with Crippen molar-refractivity contribution in [2.24, 2.45) is 5.92 Å². The Balaban J connectivity index is 1.92. The lowest BCUT2D eigenvalue weighted by Gasteiger charge is -2.48. The highest BCUT2D eigenvalue weighted by Crippen LogP contribution is 2.54. The lowest BCUT2D eigenvalue weighted by molar-refractivity contribution is -0.00576. The molecular weight excluding hydrogens is 296 g/mol. The molecule has 0 radical (unpaired) electrons. The first-order chi connectivity index (χ1) is 11.6. The van der Waals surface area contributed by atoms with Gasteiger partial charge in [0, 0.05) is 17.0 Å². The highest BCUT2D eigenvalue weighted by atomic mass is 16.5. The predicted octanol–water partition coefficient (Wildman–Crippen LogP) is 5.81. The van der Waals surface area contributed by atoms with Crippen molar-refractivity contribution >= 4 is 0 Å². The van der Waals surface area contributed by atoms with Gasteiger partial charge >= 0.3 is 0 Å². The maximum atomic E-state index is 6.62. The Labute approximate surface area is 144 Å². The minimum absolute atomic E-state index is 0.115. The number of rotatable bonds is 2. The maximum Gasteiger partial charge on any atom is 0.131 e. The van der Waals surface area contributed by atoms with Gasteiger partial charge in [-0.25, -0.2) is 0 Å². The summed E-state index contributed by atoms with van der Waals surface area (Å²) in [7, 11) is 1.75. The summed E-state index contributed by atoms with van der Waals surface area (Å²) in [6.07, 6.45) is 5.15. The quantitative estimate of drug-likeness (QED) is 0.695. The van der Waals surface area contributed by atoms with Gasteiger partial charge in [-0.15, -0.1) is 0 Å². The third kappa shape index (κ3) is 2.49. The average molecular weight is 322 g/mol. The van der Waals surface area contributed by atoms with Gasteiger partial charge in [0.15, 0.2) is 0 Å². The van der Waals surface area contributed by atoms with Crippen LogP contribution in [0, 0.1) is 5.92 Å². The normalized spacial score (nSPS) is 24.5. The van der Waals surface area contributed by atoms with Crippen LogP contribution in [0.1, 0.15) is 51.0 Å². The van der Waals surface area contributed by atoms with Crippen LogP contribution in [-0.2, 0) is 0 Å². The monoisotopic (exact) mass is 322 g/mol. The van der Waals surface area contributed by atoms with E-state index in [1.165, 1.54) is 36.8 Å². The number of benzene rings is 2. The minimum Gasteiger partial charge on any atom is -0.497 e. The van der Waals surface area contributed by atoms with E-state index in [1.807, 2.05) is 0 Å². The molecule has 126 valence electrons. The van der Waals surface area contributed by atoms with Gasteiger partial charge in [0.05, 0.1) is 7.11 Å². The van der Waals surface area contributed by atoms with Crippen molar-refractivity contribution < 1.29 is 9.47 Å². The van der Waals surface area contributed by atoms with E-state index < -0.39 is 0 Å². The molecule has 1 aliphatic heterocycles. The first-order valence-electron chi connectivity index (χ1n) is 9.06. The molecule has 0 spiro atoms. The molecule has 0 bridgehead atoms. The zero-order chi connectivity index (χ0) is 16.7. The molecule has 4 rings (SSSR count). The summed E-state index contributed by atoms with van der Waals surface area (Å²) in [6.45, 7) is 4.52. The molecular formula is C22H26O2. The fourth-order valence-corrected chi connectivity index (χ4v) is 4.64. The lowest BCUT2D eigenvalue weighted by Crippen LogP contribution is -2.45. The second kappa shape index (κ2) is 5.84.